The van der Waals surface area contributed by atoms with Crippen LogP contribution in [0.5, 0.6) is 0 Å². The molecule has 8 nitrogen and oxygen atoms in total. The van der Waals surface area contributed by atoms with Crippen LogP contribution in [-0.2, 0) is 0 Å². The fraction of sp³-hybridized carbons (Fsp3) is 0. The molecule has 0 saturated heterocycles. The van der Waals surface area contributed by atoms with Gasteiger partial charge in [-0.25, -0.2) is 0 Å². The monoisotopic (exact) mass is 718 g/mol. The topological polar surface area (TPSA) is 71.3 Å². The highest BCUT2D eigenvalue weighted by Crippen LogP contribution is 2.38. The van der Waals surface area contributed by atoms with Crippen LogP contribution in [0.1, 0.15) is 0 Å². The second-order valence-electron chi connectivity index (χ2n) is 14.1. The van der Waals surface area contributed by atoms with Crippen molar-refractivity contribution in [2.45, 2.75) is 0 Å². The predicted molar refractivity (Wildman–Crippen MR) is 225 cm³/mol. The summed E-state index contributed by atoms with van der Waals surface area (Å²) in [6, 6.07) is 55.3. The first kappa shape index (κ1) is 30.6. The first-order valence-electron chi connectivity index (χ1n) is 18.6. The molecule has 56 heavy (non-hydrogen) atoms. The Labute approximate surface area is 319 Å². The van der Waals surface area contributed by atoms with E-state index in [4.69, 9.17) is 15.0 Å². The third kappa shape index (κ3) is 4.53. The number of benzene rings is 6. The molecule has 0 amide bonds. The van der Waals surface area contributed by atoms with Gasteiger partial charge >= 0.3 is 0 Å². The van der Waals surface area contributed by atoms with Gasteiger partial charge in [-0.1, -0.05) is 72.8 Å². The van der Waals surface area contributed by atoms with E-state index in [2.05, 4.69) is 169 Å². The van der Waals surface area contributed by atoms with Crippen LogP contribution in [0.25, 0.3) is 100 Å². The molecule has 8 heteroatoms. The molecule has 0 radical (unpaired) electrons. The van der Waals surface area contributed by atoms with E-state index in [1.54, 1.807) is 12.4 Å². The first-order chi connectivity index (χ1) is 27.8. The van der Waals surface area contributed by atoms with E-state index in [-0.39, 0.29) is 0 Å². The van der Waals surface area contributed by atoms with Crippen molar-refractivity contribution >= 4 is 65.4 Å². The van der Waals surface area contributed by atoms with Gasteiger partial charge in [0.2, 0.25) is 11.9 Å². The quantitative estimate of drug-likeness (QED) is 0.178. The van der Waals surface area contributed by atoms with Crippen molar-refractivity contribution < 1.29 is 0 Å². The molecule has 6 heterocycles. The van der Waals surface area contributed by atoms with Gasteiger partial charge in [-0.15, -0.1) is 0 Å². The van der Waals surface area contributed by atoms with Crippen molar-refractivity contribution in [2.24, 2.45) is 0 Å². The minimum atomic E-state index is 0.532. The number of hydrogen-bond donors (Lipinski definition) is 0. The molecule has 12 rings (SSSR count). The van der Waals surface area contributed by atoms with E-state index >= 15 is 0 Å². The molecule has 0 aliphatic rings. The Hall–Kier alpha value is -7.84. The molecule has 0 fully saturated rings. The highest BCUT2D eigenvalue weighted by molar-refractivity contribution is 6.14. The summed E-state index contributed by atoms with van der Waals surface area (Å²) < 4.78 is 8.86. The van der Waals surface area contributed by atoms with Crippen LogP contribution in [0.2, 0.25) is 0 Å². The zero-order chi connectivity index (χ0) is 36.7. The van der Waals surface area contributed by atoms with E-state index in [1.807, 2.05) is 24.3 Å². The van der Waals surface area contributed by atoms with Crippen LogP contribution in [0.15, 0.2) is 183 Å². The molecule has 0 aliphatic heterocycles. The van der Waals surface area contributed by atoms with Crippen LogP contribution >= 0.6 is 0 Å². The molecule has 6 aromatic carbocycles. The highest BCUT2D eigenvalue weighted by atomic mass is 15.3. The van der Waals surface area contributed by atoms with Crippen LogP contribution in [-0.4, -0.2) is 38.2 Å². The summed E-state index contributed by atoms with van der Waals surface area (Å²) >= 11 is 0. The van der Waals surface area contributed by atoms with Gasteiger partial charge in [0.25, 0.3) is 0 Å². The zero-order valence-corrected chi connectivity index (χ0v) is 29.9. The Balaban J connectivity index is 1.17. The number of hydrogen-bond acceptors (Lipinski definition) is 4. The van der Waals surface area contributed by atoms with E-state index in [1.165, 1.54) is 0 Å². The molecular weight excluding hydrogens is 689 g/mol. The lowest BCUT2D eigenvalue weighted by Gasteiger charge is -2.13. The van der Waals surface area contributed by atoms with Gasteiger partial charge in [0.1, 0.15) is 0 Å². The second-order valence-corrected chi connectivity index (χ2v) is 14.1. The normalized spacial score (nSPS) is 11.9. The first-order valence-corrected chi connectivity index (χ1v) is 18.6. The van der Waals surface area contributed by atoms with E-state index in [0.29, 0.717) is 17.7 Å². The van der Waals surface area contributed by atoms with Crippen LogP contribution in [0, 0.1) is 0 Å². The summed E-state index contributed by atoms with van der Waals surface area (Å²) in [7, 11) is 0. The van der Waals surface area contributed by atoms with Gasteiger partial charge in [0.05, 0.1) is 33.1 Å². The van der Waals surface area contributed by atoms with Gasteiger partial charge in [0.15, 0.2) is 5.82 Å². The fourth-order valence-electron chi connectivity index (χ4n) is 8.44. The smallest absolute Gasteiger partial charge is 0.240 e. The number of para-hydroxylation sites is 4. The molecule has 0 N–H and O–H groups in total. The maximum atomic E-state index is 5.42. The van der Waals surface area contributed by atoms with Crippen LogP contribution in [0.4, 0.5) is 0 Å². The largest absolute Gasteiger partial charge is 0.316 e. The Morgan fingerprint density at radius 2 is 0.821 bits per heavy atom. The van der Waals surface area contributed by atoms with Crippen molar-refractivity contribution in [1.82, 2.24) is 38.2 Å². The van der Waals surface area contributed by atoms with Gasteiger partial charge in [-0.3, -0.25) is 14.1 Å². The summed E-state index contributed by atoms with van der Waals surface area (Å²) in [5.41, 5.74) is 9.32. The van der Waals surface area contributed by atoms with Crippen molar-refractivity contribution in [3.05, 3.63) is 183 Å². The molecule has 0 atom stereocenters. The molecule has 0 unspecified atom stereocenters. The maximum absolute atomic E-state index is 5.42. The Morgan fingerprint density at radius 3 is 1.32 bits per heavy atom. The number of rotatable bonds is 5. The molecule has 262 valence electrons. The van der Waals surface area contributed by atoms with Crippen LogP contribution in [0.3, 0.4) is 0 Å². The Bertz CT molecular complexity index is 3250. The summed E-state index contributed by atoms with van der Waals surface area (Å²) in [6.07, 6.45) is 7.84. The lowest BCUT2D eigenvalue weighted by Crippen LogP contribution is -2.10. The van der Waals surface area contributed by atoms with Gasteiger partial charge in [-0.05, 0) is 84.9 Å². The standard InChI is InChI=1S/C48H30N8/c1-3-11-34(12-4-1)53-25-21-32-27-38-36-15-7-9-17-40(36)55(44(38)29-42(32)53)47-50-46(31-19-23-49-24-20-31)51-48(52-47)56-41-18-10-8-16-37(41)39-28-33-22-26-54(43(33)30-45(39)56)35-13-5-2-6-14-35/h1-30H. The summed E-state index contributed by atoms with van der Waals surface area (Å²) in [5.74, 6) is 1.63. The van der Waals surface area contributed by atoms with E-state index in [0.717, 1.165) is 82.4 Å². The maximum Gasteiger partial charge on any atom is 0.240 e. The van der Waals surface area contributed by atoms with Crippen molar-refractivity contribution in [2.75, 3.05) is 0 Å². The van der Waals surface area contributed by atoms with Gasteiger partial charge in [-0.2, -0.15) is 15.0 Å². The predicted octanol–water partition coefficient (Wildman–Crippen LogP) is 11.0. The molecule has 0 saturated carbocycles. The summed E-state index contributed by atoms with van der Waals surface area (Å²) in [5, 5.41) is 6.85. The molecular formula is C48H30N8. The molecule has 12 aromatic rings. The number of pyridine rings is 1. The third-order valence-electron chi connectivity index (χ3n) is 11.0. The SMILES string of the molecule is c1ccc(-n2ccc3cc4c5ccccc5n(-c5nc(-c6ccncc6)nc(-n6c7ccccc7c7cc8ccn(-c9ccccc9)c8cc76)n5)c4cc32)cc1. The van der Waals surface area contributed by atoms with Crippen molar-refractivity contribution in [1.29, 1.82) is 0 Å². The minimum absolute atomic E-state index is 0.532. The molecule has 6 aromatic heterocycles. The Morgan fingerprint density at radius 1 is 0.357 bits per heavy atom. The minimum Gasteiger partial charge on any atom is -0.316 e. The lowest BCUT2D eigenvalue weighted by atomic mass is 10.1. The van der Waals surface area contributed by atoms with E-state index in [9.17, 15) is 0 Å². The van der Waals surface area contributed by atoms with Gasteiger partial charge in [0, 0.05) is 74.0 Å². The Kier molecular flexibility index (Phi) is 6.47. The summed E-state index contributed by atoms with van der Waals surface area (Å²) in [4.78, 5) is 20.2. The molecule has 0 aliphatic carbocycles. The fourth-order valence-corrected chi connectivity index (χ4v) is 8.44. The lowest BCUT2D eigenvalue weighted by molar-refractivity contribution is 0.892. The number of fused-ring (bicyclic) bond motifs is 8. The molecule has 0 bridgehead atoms. The molecule has 0 spiro atoms. The van der Waals surface area contributed by atoms with Gasteiger partial charge < -0.3 is 9.13 Å². The number of nitrogens with zero attached hydrogens (tertiary/aromatic N) is 8. The second kappa shape index (κ2) is 11.8. The van der Waals surface area contributed by atoms with Crippen molar-refractivity contribution in [3.63, 3.8) is 0 Å². The highest BCUT2D eigenvalue weighted by Gasteiger charge is 2.22. The third-order valence-corrected chi connectivity index (χ3v) is 11.0. The van der Waals surface area contributed by atoms with E-state index < -0.39 is 0 Å². The summed E-state index contributed by atoms with van der Waals surface area (Å²) in [6.45, 7) is 0. The average Bonchev–Trinajstić information content (AvgIpc) is 4.03. The number of aromatic nitrogens is 8. The average molecular weight is 719 g/mol. The zero-order valence-electron chi connectivity index (χ0n) is 29.9. The van der Waals surface area contributed by atoms with Crippen LogP contribution < -0.4 is 0 Å². The van der Waals surface area contributed by atoms with Crippen molar-refractivity contribution in [3.8, 4) is 34.7 Å².